The highest BCUT2D eigenvalue weighted by Crippen LogP contribution is 2.55. The second-order valence-corrected chi connectivity index (χ2v) is 5.71. The van der Waals surface area contributed by atoms with Crippen LogP contribution < -0.4 is 0 Å². The lowest BCUT2D eigenvalue weighted by Gasteiger charge is -2.50. The van der Waals surface area contributed by atoms with Gasteiger partial charge in [-0.15, -0.1) is 0 Å². The molecule has 1 saturated heterocycles. The van der Waals surface area contributed by atoms with Gasteiger partial charge in [0, 0.05) is 25.2 Å². The van der Waals surface area contributed by atoms with Crippen molar-refractivity contribution in [3.8, 4) is 0 Å². The normalized spacial score (nSPS) is 29.3. The van der Waals surface area contributed by atoms with Gasteiger partial charge in [-0.3, -0.25) is 4.79 Å². The predicted molar refractivity (Wildman–Crippen MR) is 69.8 cm³/mol. The molecule has 1 aliphatic heterocycles. The van der Waals surface area contributed by atoms with Crippen molar-refractivity contribution in [1.82, 2.24) is 4.90 Å². The van der Waals surface area contributed by atoms with E-state index >= 15 is 0 Å². The summed E-state index contributed by atoms with van der Waals surface area (Å²) in [5, 5.41) is 9.87. The highest BCUT2D eigenvalue weighted by Gasteiger charge is 2.62. The summed E-state index contributed by atoms with van der Waals surface area (Å²) in [5.41, 5.74) is -1.32. The molecule has 0 aromatic rings. The van der Waals surface area contributed by atoms with Gasteiger partial charge in [0.15, 0.2) is 0 Å². The van der Waals surface area contributed by atoms with Crippen molar-refractivity contribution in [2.75, 3.05) is 19.8 Å². The average molecular weight is 269 g/mol. The summed E-state index contributed by atoms with van der Waals surface area (Å²) in [4.78, 5) is 25.0. The summed E-state index contributed by atoms with van der Waals surface area (Å²) < 4.78 is 5.40. The Balaban J connectivity index is 2.41. The maximum absolute atomic E-state index is 12.0. The Morgan fingerprint density at radius 1 is 1.32 bits per heavy atom. The van der Waals surface area contributed by atoms with Crippen LogP contribution in [0.15, 0.2) is 0 Å². The van der Waals surface area contributed by atoms with Crippen molar-refractivity contribution in [2.24, 2.45) is 5.41 Å². The van der Waals surface area contributed by atoms with Gasteiger partial charge < -0.3 is 14.7 Å². The number of carboxylic acid groups (broad SMARTS) is 1. The van der Waals surface area contributed by atoms with Gasteiger partial charge in [-0.2, -0.15) is 0 Å². The Morgan fingerprint density at radius 3 is 2.53 bits per heavy atom. The molecule has 0 bridgehead atoms. The second kappa shape index (κ2) is 5.49. The van der Waals surface area contributed by atoms with E-state index in [0.717, 1.165) is 38.5 Å². The third kappa shape index (κ3) is 2.04. The van der Waals surface area contributed by atoms with Crippen molar-refractivity contribution in [3.63, 3.8) is 0 Å². The van der Waals surface area contributed by atoms with Crippen LogP contribution in [0, 0.1) is 5.41 Å². The largest absolute Gasteiger partial charge is 0.479 e. The summed E-state index contributed by atoms with van der Waals surface area (Å²) in [5.74, 6) is -0.840. The minimum Gasteiger partial charge on any atom is -0.479 e. The van der Waals surface area contributed by atoms with Gasteiger partial charge in [0.2, 0.25) is 6.41 Å². The van der Waals surface area contributed by atoms with Gasteiger partial charge in [-0.05, 0) is 38.5 Å². The van der Waals surface area contributed by atoms with Crippen molar-refractivity contribution in [2.45, 2.75) is 51.0 Å². The smallest absolute Gasteiger partial charge is 0.330 e. The third-order valence-electron chi connectivity index (χ3n) is 4.96. The van der Waals surface area contributed by atoms with Gasteiger partial charge in [0.05, 0.1) is 0 Å². The maximum Gasteiger partial charge on any atom is 0.330 e. The zero-order valence-corrected chi connectivity index (χ0v) is 11.6. The monoisotopic (exact) mass is 269 g/mol. The van der Waals surface area contributed by atoms with Crippen molar-refractivity contribution in [1.29, 1.82) is 0 Å². The first-order valence-corrected chi connectivity index (χ1v) is 7.16. The van der Waals surface area contributed by atoms with E-state index < -0.39 is 11.5 Å². The fourth-order valence-corrected chi connectivity index (χ4v) is 4.06. The highest BCUT2D eigenvalue weighted by molar-refractivity contribution is 5.83. The van der Waals surface area contributed by atoms with Gasteiger partial charge in [0.1, 0.15) is 5.54 Å². The summed E-state index contributed by atoms with van der Waals surface area (Å²) >= 11 is 0. The quantitative estimate of drug-likeness (QED) is 0.771. The van der Waals surface area contributed by atoms with Crippen LogP contribution in [0.25, 0.3) is 0 Å². The Hall–Kier alpha value is -1.10. The first-order chi connectivity index (χ1) is 9.13. The van der Waals surface area contributed by atoms with Crippen LogP contribution >= 0.6 is 0 Å². The van der Waals surface area contributed by atoms with E-state index in [1.54, 1.807) is 4.90 Å². The molecular weight excluding hydrogens is 246 g/mol. The summed E-state index contributed by atoms with van der Waals surface area (Å²) in [6.45, 7) is 3.69. The van der Waals surface area contributed by atoms with Crippen LogP contribution in [0.3, 0.4) is 0 Å². The molecule has 1 atom stereocenters. The van der Waals surface area contributed by atoms with Crippen LogP contribution in [0.1, 0.15) is 45.4 Å². The minimum absolute atomic E-state index is 0.298. The minimum atomic E-state index is -1.02. The molecular formula is C14H23NO4. The predicted octanol–water partition coefficient (Wildman–Crippen LogP) is 1.66. The number of ether oxygens (including phenoxy) is 1. The molecule has 108 valence electrons. The zero-order chi connectivity index (χ0) is 13.9. The van der Waals surface area contributed by atoms with E-state index in [-0.39, 0.29) is 5.41 Å². The number of hydrogen-bond acceptors (Lipinski definition) is 3. The lowest BCUT2D eigenvalue weighted by atomic mass is 9.66. The molecule has 2 aliphatic rings. The Kier molecular flexibility index (Phi) is 4.13. The molecule has 19 heavy (non-hydrogen) atoms. The van der Waals surface area contributed by atoms with E-state index in [1.807, 2.05) is 6.92 Å². The first-order valence-electron chi connectivity index (χ1n) is 7.16. The number of aliphatic carboxylic acids is 1. The second-order valence-electron chi connectivity index (χ2n) is 5.71. The fourth-order valence-electron chi connectivity index (χ4n) is 4.06. The third-order valence-corrected chi connectivity index (χ3v) is 4.96. The van der Waals surface area contributed by atoms with Crippen LogP contribution in [-0.4, -0.2) is 47.7 Å². The molecule has 0 radical (unpaired) electrons. The summed E-state index contributed by atoms with van der Waals surface area (Å²) in [6, 6.07) is 0. The van der Waals surface area contributed by atoms with Crippen LogP contribution in [-0.2, 0) is 14.3 Å². The van der Waals surface area contributed by atoms with E-state index in [4.69, 9.17) is 4.74 Å². The van der Waals surface area contributed by atoms with Gasteiger partial charge >= 0.3 is 5.97 Å². The van der Waals surface area contributed by atoms with Gasteiger partial charge in [0.25, 0.3) is 0 Å². The van der Waals surface area contributed by atoms with Gasteiger partial charge in [-0.1, -0.05) is 6.92 Å². The van der Waals surface area contributed by atoms with Crippen LogP contribution in [0.2, 0.25) is 0 Å². The van der Waals surface area contributed by atoms with E-state index in [2.05, 4.69) is 0 Å². The number of rotatable bonds is 5. The van der Waals surface area contributed by atoms with Crippen molar-refractivity contribution in [3.05, 3.63) is 0 Å². The Bertz CT molecular complexity index is 351. The topological polar surface area (TPSA) is 66.8 Å². The Labute approximate surface area is 113 Å². The van der Waals surface area contributed by atoms with Crippen molar-refractivity contribution >= 4 is 12.4 Å². The molecule has 1 N–H and O–H groups in total. The molecule has 2 fully saturated rings. The van der Waals surface area contributed by atoms with Crippen molar-refractivity contribution < 1.29 is 19.4 Å². The number of nitrogens with zero attached hydrogens (tertiary/aromatic N) is 1. The lowest BCUT2D eigenvalue weighted by Crippen LogP contribution is -2.63. The molecule has 1 unspecified atom stereocenters. The molecule has 0 aromatic heterocycles. The maximum atomic E-state index is 12.0. The average Bonchev–Trinajstić information content (AvgIpc) is 2.76. The summed E-state index contributed by atoms with van der Waals surface area (Å²) in [6.07, 6.45) is 5.33. The molecule has 1 amide bonds. The van der Waals surface area contributed by atoms with E-state index in [1.165, 1.54) is 0 Å². The molecule has 0 aromatic carbocycles. The molecule has 5 heteroatoms. The number of hydrogen-bond donors (Lipinski definition) is 1. The molecule has 5 nitrogen and oxygen atoms in total. The number of carbonyl (C=O) groups is 2. The van der Waals surface area contributed by atoms with E-state index in [0.29, 0.717) is 26.2 Å². The molecule has 1 saturated carbocycles. The lowest BCUT2D eigenvalue weighted by molar-refractivity contribution is -0.169. The highest BCUT2D eigenvalue weighted by atomic mass is 16.5. The molecule has 1 heterocycles. The molecule has 2 rings (SSSR count). The number of carbonyl (C=O) groups excluding carboxylic acids is 1. The first kappa shape index (κ1) is 14.3. The molecule has 1 aliphatic carbocycles. The molecule has 1 spiro atoms. The summed E-state index contributed by atoms with van der Waals surface area (Å²) in [7, 11) is 0. The van der Waals surface area contributed by atoms with E-state index in [9.17, 15) is 14.7 Å². The fraction of sp³-hybridized carbons (Fsp3) is 0.857. The number of amides is 1. The van der Waals surface area contributed by atoms with Gasteiger partial charge in [-0.25, -0.2) is 4.79 Å². The Morgan fingerprint density at radius 2 is 2.00 bits per heavy atom. The standard InChI is InChI=1S/C14H23NO4/c1-2-8-15(11-16)14(12(17)18)5-3-4-13(14)6-9-19-10-7-13/h11H,2-10H2,1H3,(H,17,18). The van der Waals surface area contributed by atoms with Crippen LogP contribution in [0.5, 0.6) is 0 Å². The van der Waals surface area contributed by atoms with Crippen LogP contribution in [0.4, 0.5) is 0 Å². The zero-order valence-electron chi connectivity index (χ0n) is 11.6. The number of carboxylic acids is 1. The SMILES string of the molecule is CCCN(C=O)C1(C(=O)O)CCCC12CCOCC2.